The standard InChI is InChI=1S/C15H24BNO3/c1-2-3-4-5-6-7-10-18-15-9-8-14(13-17-15)16-19-11-12-20-16/h8-9,13H,2-7,10-12H2,1H3. The number of nitrogens with zero attached hydrogens (tertiary/aromatic N) is 1. The smallest absolute Gasteiger partial charge is 0.478 e. The van der Waals surface area contributed by atoms with E-state index in [0.29, 0.717) is 19.1 Å². The average molecular weight is 277 g/mol. The van der Waals surface area contributed by atoms with Gasteiger partial charge < -0.3 is 14.0 Å². The summed E-state index contributed by atoms with van der Waals surface area (Å²) in [5, 5.41) is 0. The second-order valence-corrected chi connectivity index (χ2v) is 5.12. The lowest BCUT2D eigenvalue weighted by Crippen LogP contribution is -2.31. The molecule has 1 aliphatic rings. The number of pyridine rings is 1. The molecule has 0 saturated carbocycles. The van der Waals surface area contributed by atoms with Crippen molar-refractivity contribution in [1.82, 2.24) is 4.98 Å². The molecule has 0 N–H and O–H groups in total. The molecule has 1 aromatic heterocycles. The maximum absolute atomic E-state index is 5.64. The third-order valence-electron chi connectivity index (χ3n) is 3.40. The maximum atomic E-state index is 5.64. The third-order valence-corrected chi connectivity index (χ3v) is 3.40. The van der Waals surface area contributed by atoms with Crippen LogP contribution >= 0.6 is 0 Å². The van der Waals surface area contributed by atoms with E-state index in [1.165, 1.54) is 32.1 Å². The molecule has 0 aromatic carbocycles. The molecule has 0 aliphatic carbocycles. The number of hydrogen-bond acceptors (Lipinski definition) is 4. The van der Waals surface area contributed by atoms with Gasteiger partial charge in [0.15, 0.2) is 0 Å². The van der Waals surface area contributed by atoms with Gasteiger partial charge in [0, 0.05) is 11.7 Å². The molecule has 0 amide bonds. The quantitative estimate of drug-likeness (QED) is 0.514. The van der Waals surface area contributed by atoms with Crippen molar-refractivity contribution in [3.8, 4) is 5.88 Å². The van der Waals surface area contributed by atoms with Crippen LogP contribution in [0.2, 0.25) is 0 Å². The van der Waals surface area contributed by atoms with Crippen molar-refractivity contribution in [3.05, 3.63) is 18.3 Å². The molecule has 0 bridgehead atoms. The molecule has 1 aromatic rings. The second kappa shape index (κ2) is 8.98. The van der Waals surface area contributed by atoms with Gasteiger partial charge in [0.2, 0.25) is 5.88 Å². The molecule has 1 fully saturated rings. The zero-order chi connectivity index (χ0) is 14.0. The summed E-state index contributed by atoms with van der Waals surface area (Å²) in [5.41, 5.74) is 0.953. The largest absolute Gasteiger partial charge is 0.495 e. The van der Waals surface area contributed by atoms with Crippen LogP contribution in [0.15, 0.2) is 18.3 Å². The van der Waals surface area contributed by atoms with E-state index < -0.39 is 0 Å². The van der Waals surface area contributed by atoms with Gasteiger partial charge in [-0.1, -0.05) is 45.1 Å². The summed E-state index contributed by atoms with van der Waals surface area (Å²) in [6.07, 6.45) is 9.39. The summed E-state index contributed by atoms with van der Waals surface area (Å²) in [4.78, 5) is 4.29. The summed E-state index contributed by atoms with van der Waals surface area (Å²) < 4.78 is 16.5. The molecule has 1 saturated heterocycles. The van der Waals surface area contributed by atoms with Gasteiger partial charge in [-0.05, 0) is 12.5 Å². The predicted octanol–water partition coefficient (Wildman–Crippen LogP) is 2.56. The molecule has 20 heavy (non-hydrogen) atoms. The Morgan fingerprint density at radius 3 is 2.55 bits per heavy atom. The Balaban J connectivity index is 1.61. The lowest BCUT2D eigenvalue weighted by atomic mass is 9.81. The van der Waals surface area contributed by atoms with Gasteiger partial charge in [-0.25, -0.2) is 4.98 Å². The highest BCUT2D eigenvalue weighted by atomic mass is 16.6. The zero-order valence-electron chi connectivity index (χ0n) is 12.3. The zero-order valence-corrected chi connectivity index (χ0v) is 12.3. The van der Waals surface area contributed by atoms with Crippen molar-refractivity contribution < 1.29 is 14.0 Å². The van der Waals surface area contributed by atoms with Gasteiger partial charge in [-0.3, -0.25) is 0 Å². The molecular formula is C15H24BNO3. The highest BCUT2D eigenvalue weighted by Crippen LogP contribution is 2.08. The number of ether oxygens (including phenoxy) is 1. The molecule has 0 unspecified atom stereocenters. The average Bonchev–Trinajstić information content (AvgIpc) is 3.01. The van der Waals surface area contributed by atoms with Crippen LogP contribution in [0.4, 0.5) is 0 Å². The Hall–Kier alpha value is -1.07. The van der Waals surface area contributed by atoms with Gasteiger partial charge in [-0.15, -0.1) is 0 Å². The van der Waals surface area contributed by atoms with Crippen molar-refractivity contribution in [2.45, 2.75) is 45.4 Å². The first-order chi connectivity index (χ1) is 9.90. The molecule has 2 rings (SSSR count). The Bertz CT molecular complexity index is 366. The summed E-state index contributed by atoms with van der Waals surface area (Å²) in [7, 11) is -0.255. The number of unbranched alkanes of at least 4 members (excludes halogenated alkanes) is 5. The van der Waals surface area contributed by atoms with E-state index in [4.69, 9.17) is 14.0 Å². The summed E-state index contributed by atoms with van der Waals surface area (Å²) in [5.74, 6) is 0.681. The van der Waals surface area contributed by atoms with E-state index in [-0.39, 0.29) is 7.12 Å². The van der Waals surface area contributed by atoms with Gasteiger partial charge in [0.25, 0.3) is 0 Å². The Labute approximate surface area is 122 Å². The molecule has 0 radical (unpaired) electrons. The lowest BCUT2D eigenvalue weighted by Gasteiger charge is -2.07. The molecular weight excluding hydrogens is 253 g/mol. The summed E-state index contributed by atoms with van der Waals surface area (Å²) >= 11 is 0. The highest BCUT2D eigenvalue weighted by molar-refractivity contribution is 6.61. The predicted molar refractivity (Wildman–Crippen MR) is 80.4 cm³/mol. The second-order valence-electron chi connectivity index (χ2n) is 5.12. The van der Waals surface area contributed by atoms with Crippen LogP contribution in [-0.4, -0.2) is 31.9 Å². The van der Waals surface area contributed by atoms with Crippen LogP contribution in [0, 0.1) is 0 Å². The highest BCUT2D eigenvalue weighted by Gasteiger charge is 2.26. The fraction of sp³-hybridized carbons (Fsp3) is 0.667. The van der Waals surface area contributed by atoms with Gasteiger partial charge in [-0.2, -0.15) is 0 Å². The number of rotatable bonds is 9. The summed E-state index contributed by atoms with van der Waals surface area (Å²) in [6.45, 7) is 4.29. The minimum atomic E-state index is -0.255. The SMILES string of the molecule is CCCCCCCCOc1ccc(B2OCCO2)cn1. The Morgan fingerprint density at radius 1 is 1.10 bits per heavy atom. The van der Waals surface area contributed by atoms with E-state index >= 15 is 0 Å². The van der Waals surface area contributed by atoms with Crippen molar-refractivity contribution in [3.63, 3.8) is 0 Å². The maximum Gasteiger partial charge on any atom is 0.495 e. The number of hydrogen-bond donors (Lipinski definition) is 0. The van der Waals surface area contributed by atoms with E-state index in [9.17, 15) is 0 Å². The van der Waals surface area contributed by atoms with Crippen LogP contribution in [0.3, 0.4) is 0 Å². The fourth-order valence-electron chi connectivity index (χ4n) is 2.23. The molecule has 2 heterocycles. The lowest BCUT2D eigenvalue weighted by molar-refractivity contribution is 0.293. The topological polar surface area (TPSA) is 40.6 Å². The van der Waals surface area contributed by atoms with Gasteiger partial charge >= 0.3 is 7.12 Å². The Morgan fingerprint density at radius 2 is 1.85 bits per heavy atom. The molecule has 0 atom stereocenters. The van der Waals surface area contributed by atoms with Crippen molar-refractivity contribution in [2.24, 2.45) is 0 Å². The first-order valence-corrected chi connectivity index (χ1v) is 7.72. The molecule has 4 nitrogen and oxygen atoms in total. The first kappa shape index (κ1) is 15.3. The molecule has 110 valence electrons. The van der Waals surface area contributed by atoms with Crippen LogP contribution in [0.25, 0.3) is 0 Å². The van der Waals surface area contributed by atoms with Crippen LogP contribution in [-0.2, 0) is 9.31 Å². The molecule has 0 spiro atoms. The van der Waals surface area contributed by atoms with Gasteiger partial charge in [0.1, 0.15) is 0 Å². The van der Waals surface area contributed by atoms with Crippen molar-refractivity contribution >= 4 is 12.6 Å². The van der Waals surface area contributed by atoms with Crippen molar-refractivity contribution in [1.29, 1.82) is 0 Å². The summed E-state index contributed by atoms with van der Waals surface area (Å²) in [6, 6.07) is 3.84. The third kappa shape index (κ3) is 5.14. The van der Waals surface area contributed by atoms with Crippen LogP contribution < -0.4 is 10.2 Å². The van der Waals surface area contributed by atoms with E-state index in [0.717, 1.165) is 18.5 Å². The minimum absolute atomic E-state index is 0.255. The first-order valence-electron chi connectivity index (χ1n) is 7.72. The molecule has 1 aliphatic heterocycles. The minimum Gasteiger partial charge on any atom is -0.478 e. The van der Waals surface area contributed by atoms with Gasteiger partial charge in [0.05, 0.1) is 19.8 Å². The normalized spacial score (nSPS) is 14.8. The molecule has 5 heteroatoms. The van der Waals surface area contributed by atoms with Crippen molar-refractivity contribution in [2.75, 3.05) is 19.8 Å². The van der Waals surface area contributed by atoms with E-state index in [2.05, 4.69) is 11.9 Å². The monoisotopic (exact) mass is 277 g/mol. The van der Waals surface area contributed by atoms with Crippen LogP contribution in [0.1, 0.15) is 45.4 Å². The number of aromatic nitrogens is 1. The van der Waals surface area contributed by atoms with E-state index in [1.807, 2.05) is 12.1 Å². The Kier molecular flexibility index (Phi) is 6.88. The van der Waals surface area contributed by atoms with Crippen LogP contribution in [0.5, 0.6) is 5.88 Å². The van der Waals surface area contributed by atoms with E-state index in [1.54, 1.807) is 6.20 Å². The fourth-order valence-corrected chi connectivity index (χ4v) is 2.23.